The van der Waals surface area contributed by atoms with Gasteiger partial charge in [0.05, 0.1) is 12.3 Å². The van der Waals surface area contributed by atoms with Crippen molar-refractivity contribution < 1.29 is 33.4 Å². The van der Waals surface area contributed by atoms with Gasteiger partial charge in [-0.05, 0) is 81.1 Å². The minimum Gasteiger partial charge on any atom is -0.462 e. The monoisotopic (exact) mass is 818 g/mol. The summed E-state index contributed by atoms with van der Waals surface area (Å²) in [4.78, 5) is 50.1. The third-order valence-electron chi connectivity index (χ3n) is 12.3. The van der Waals surface area contributed by atoms with Gasteiger partial charge < -0.3 is 24.8 Å². The zero-order chi connectivity index (χ0) is 40.1. The highest BCUT2D eigenvalue weighted by Gasteiger charge is 2.42. The van der Waals surface area contributed by atoms with Gasteiger partial charge in [-0.1, -0.05) is 125 Å². The van der Waals surface area contributed by atoms with Gasteiger partial charge in [0.1, 0.15) is 18.3 Å². The van der Waals surface area contributed by atoms with E-state index >= 15 is 0 Å². The molecule has 2 aliphatic carbocycles. The van der Waals surface area contributed by atoms with Crippen LogP contribution in [0.15, 0.2) is 23.8 Å². The summed E-state index contributed by atoms with van der Waals surface area (Å²) in [5, 5.41) is 6.79. The summed E-state index contributed by atoms with van der Waals surface area (Å²) in [6.45, 7) is 9.72. The van der Waals surface area contributed by atoms with Gasteiger partial charge in [-0.25, -0.2) is 4.79 Å². The molecule has 2 aliphatic heterocycles. The second kappa shape index (κ2) is 26.1. The third-order valence-corrected chi connectivity index (χ3v) is 15.3. The number of cyclic esters (lactones) is 1. The highest BCUT2D eigenvalue weighted by molar-refractivity contribution is 8.77. The van der Waals surface area contributed by atoms with Crippen LogP contribution in [0.2, 0.25) is 0 Å². The number of hydrogen-bond donors (Lipinski definition) is 2. The van der Waals surface area contributed by atoms with Crippen molar-refractivity contribution >= 4 is 45.5 Å². The number of unbranched alkanes of at least 4 members (excludes halogenated alkanes) is 10. The molecule has 9 nitrogen and oxygen atoms in total. The van der Waals surface area contributed by atoms with Crippen molar-refractivity contribution in [2.24, 2.45) is 29.6 Å². The van der Waals surface area contributed by atoms with Crippen LogP contribution in [0.25, 0.3) is 0 Å². The molecule has 2 N–H and O–H groups in total. The van der Waals surface area contributed by atoms with Crippen molar-refractivity contribution in [2.75, 3.05) is 18.8 Å². The standard InChI is InChI=1S/C45H74N2O7S2/c1-5-33(3)44(50)54-40-29-32(2)28-35-21-20-34(4)39(43(35)40)23-22-36-30-37(31-42(49)52-36)53-45(51)47-26-17-13-11-9-7-6-8-10-12-16-25-46-41(48)19-15-14-18-38-24-27-55-56-38/h20-21,28,32-34,36-40,43H,5-19,22-27,29-31H2,1-4H3,(H,46,48)(H,47,51)/t32-,33?,34+,36?,37?,38?,39+,40?,43-/m1/s1. The van der Waals surface area contributed by atoms with E-state index in [4.69, 9.17) is 14.2 Å². The van der Waals surface area contributed by atoms with Crippen molar-refractivity contribution in [3.8, 4) is 0 Å². The van der Waals surface area contributed by atoms with Crippen molar-refractivity contribution in [1.82, 2.24) is 10.6 Å². The highest BCUT2D eigenvalue weighted by Crippen LogP contribution is 2.45. The molecule has 2 amide bonds. The minimum atomic E-state index is -0.488. The highest BCUT2D eigenvalue weighted by atomic mass is 33.1. The number of nitrogens with one attached hydrogen (secondary N) is 2. The Kier molecular flexibility index (Phi) is 21.7. The van der Waals surface area contributed by atoms with Crippen LogP contribution in [0.5, 0.6) is 0 Å². The number of carbonyl (C=O) groups excluding carboxylic acids is 4. The molecule has 9 atom stereocenters. The Hall–Kier alpha value is -2.14. The Balaban J connectivity index is 1.01. The molecule has 0 aromatic rings. The number of amides is 2. The van der Waals surface area contributed by atoms with Crippen LogP contribution < -0.4 is 10.6 Å². The maximum atomic E-state index is 12.8. The fraction of sp³-hybridized carbons (Fsp3) is 0.822. The average Bonchev–Trinajstić information content (AvgIpc) is 3.69. The van der Waals surface area contributed by atoms with E-state index in [9.17, 15) is 19.2 Å². The lowest BCUT2D eigenvalue weighted by Gasteiger charge is -2.43. The zero-order valence-electron chi connectivity index (χ0n) is 35.1. The second-order valence-electron chi connectivity index (χ2n) is 17.1. The summed E-state index contributed by atoms with van der Waals surface area (Å²) in [6, 6.07) is 0. The van der Waals surface area contributed by atoms with Gasteiger partial charge in [-0.3, -0.25) is 14.4 Å². The van der Waals surface area contributed by atoms with E-state index < -0.39 is 12.2 Å². The van der Waals surface area contributed by atoms with Crippen molar-refractivity contribution in [1.29, 1.82) is 0 Å². The molecule has 318 valence electrons. The summed E-state index contributed by atoms with van der Waals surface area (Å²) in [6.07, 6.45) is 26.1. The van der Waals surface area contributed by atoms with Gasteiger partial charge in [-0.2, -0.15) is 0 Å². The Labute approximate surface area is 346 Å². The largest absolute Gasteiger partial charge is 0.462 e. The number of hydrogen-bond acceptors (Lipinski definition) is 9. The number of rotatable bonds is 25. The Bertz CT molecular complexity index is 1270. The van der Waals surface area contributed by atoms with Crippen LogP contribution >= 0.6 is 21.6 Å². The maximum Gasteiger partial charge on any atom is 0.407 e. The summed E-state index contributed by atoms with van der Waals surface area (Å²) in [7, 11) is 4.01. The number of esters is 2. The van der Waals surface area contributed by atoms with E-state index in [1.54, 1.807) is 0 Å². The molecule has 0 bridgehead atoms. The third kappa shape index (κ3) is 17.0. The molecule has 0 spiro atoms. The lowest BCUT2D eigenvalue weighted by Crippen LogP contribution is -2.42. The first-order valence-corrected chi connectivity index (χ1v) is 24.8. The van der Waals surface area contributed by atoms with Gasteiger partial charge in [0, 0.05) is 42.9 Å². The summed E-state index contributed by atoms with van der Waals surface area (Å²) < 4.78 is 17.6. The van der Waals surface area contributed by atoms with Crippen LogP contribution in [0.1, 0.15) is 163 Å². The summed E-state index contributed by atoms with van der Waals surface area (Å²) in [5.41, 5.74) is 1.25. The summed E-state index contributed by atoms with van der Waals surface area (Å²) in [5.74, 6) is 1.97. The molecule has 4 rings (SSSR count). The molecule has 2 fully saturated rings. The first-order valence-electron chi connectivity index (χ1n) is 22.4. The van der Waals surface area contributed by atoms with Crippen LogP contribution in [-0.2, 0) is 28.6 Å². The lowest BCUT2D eigenvalue weighted by molar-refractivity contribution is -0.162. The van der Waals surface area contributed by atoms with E-state index in [2.05, 4.69) is 42.7 Å². The van der Waals surface area contributed by atoms with Crippen molar-refractivity contribution in [2.45, 2.75) is 186 Å². The molecule has 0 aromatic heterocycles. The van der Waals surface area contributed by atoms with Gasteiger partial charge in [-0.15, -0.1) is 0 Å². The molecular weight excluding hydrogens is 745 g/mol. The minimum absolute atomic E-state index is 0.0867. The second-order valence-corrected chi connectivity index (χ2v) is 19.9. The average molecular weight is 819 g/mol. The normalized spacial score (nSPS) is 27.8. The Morgan fingerprint density at radius 1 is 0.875 bits per heavy atom. The molecule has 11 heteroatoms. The summed E-state index contributed by atoms with van der Waals surface area (Å²) >= 11 is 0. The molecule has 4 aliphatic rings. The van der Waals surface area contributed by atoms with Gasteiger partial charge >= 0.3 is 18.0 Å². The fourth-order valence-electron chi connectivity index (χ4n) is 8.73. The molecule has 0 radical (unpaired) electrons. The van der Waals surface area contributed by atoms with Crippen molar-refractivity contribution in [3.63, 3.8) is 0 Å². The zero-order valence-corrected chi connectivity index (χ0v) is 36.7. The number of ether oxygens (including phenoxy) is 3. The molecule has 5 unspecified atom stereocenters. The van der Waals surface area contributed by atoms with E-state index in [0.717, 1.165) is 63.2 Å². The topological polar surface area (TPSA) is 120 Å². The molecular formula is C45H74N2O7S2. The van der Waals surface area contributed by atoms with E-state index in [1.807, 2.05) is 35.4 Å². The van der Waals surface area contributed by atoms with Crippen LogP contribution in [0.4, 0.5) is 4.79 Å². The molecule has 2 heterocycles. The van der Waals surface area contributed by atoms with Crippen LogP contribution in [0.3, 0.4) is 0 Å². The van der Waals surface area contributed by atoms with E-state index in [0.29, 0.717) is 37.6 Å². The van der Waals surface area contributed by atoms with Crippen molar-refractivity contribution in [3.05, 3.63) is 23.8 Å². The maximum absolute atomic E-state index is 12.8. The predicted molar refractivity (Wildman–Crippen MR) is 229 cm³/mol. The first kappa shape index (κ1) is 46.5. The van der Waals surface area contributed by atoms with Crippen LogP contribution in [0, 0.1) is 29.6 Å². The Morgan fingerprint density at radius 2 is 1.57 bits per heavy atom. The molecule has 0 saturated carbocycles. The Morgan fingerprint density at radius 3 is 2.25 bits per heavy atom. The fourth-order valence-corrected chi connectivity index (χ4v) is 11.8. The van der Waals surface area contributed by atoms with E-state index in [-0.39, 0.29) is 54.2 Å². The quantitative estimate of drug-likeness (QED) is 0.0401. The van der Waals surface area contributed by atoms with E-state index in [1.165, 1.54) is 69.1 Å². The number of allylic oxidation sites excluding steroid dienone is 3. The number of fused-ring (bicyclic) bond motifs is 1. The van der Waals surface area contributed by atoms with Crippen LogP contribution in [-0.4, -0.2) is 66.3 Å². The lowest BCUT2D eigenvalue weighted by atomic mass is 9.65. The number of carbonyl (C=O) groups is 4. The predicted octanol–water partition coefficient (Wildman–Crippen LogP) is 10.7. The molecule has 0 aromatic carbocycles. The first-order chi connectivity index (χ1) is 27.1. The SMILES string of the molecule is CCC(C)C(=O)OC1C[C@H](C)C=C2C=C[C@H](C)[C@H](CCC3CC(OC(=O)NCCCCCCCCCCCCNC(=O)CCCCC4CCSS4)CC(=O)O3)[C@@H]21. The smallest absolute Gasteiger partial charge is 0.407 e. The van der Waals surface area contributed by atoms with Gasteiger partial charge in [0.2, 0.25) is 5.91 Å². The number of alkyl carbamates (subject to hydrolysis) is 1. The van der Waals surface area contributed by atoms with Gasteiger partial charge in [0.25, 0.3) is 0 Å². The molecule has 2 saturated heterocycles. The van der Waals surface area contributed by atoms with Gasteiger partial charge in [0.15, 0.2) is 0 Å². The molecule has 56 heavy (non-hydrogen) atoms.